The molecule has 1 aromatic carbocycles. The lowest BCUT2D eigenvalue weighted by molar-refractivity contribution is 0.0113. The van der Waals surface area contributed by atoms with Crippen LogP contribution in [0, 0.1) is 0 Å². The Morgan fingerprint density at radius 3 is 2.79 bits per heavy atom. The second kappa shape index (κ2) is 5.62. The maximum absolute atomic E-state index is 5.28. The van der Waals surface area contributed by atoms with Crippen molar-refractivity contribution in [2.75, 3.05) is 7.11 Å². The number of ether oxygens (including phenoxy) is 1. The van der Waals surface area contributed by atoms with E-state index in [1.807, 2.05) is 38.1 Å². The first-order chi connectivity index (χ1) is 6.72. The Morgan fingerprint density at radius 2 is 2.14 bits per heavy atom. The summed E-state index contributed by atoms with van der Waals surface area (Å²) in [5.74, 6) is 0.857. The minimum Gasteiger partial charge on any atom is -0.497 e. The normalized spacial score (nSPS) is 10.6. The molecule has 0 aromatic heterocycles. The van der Waals surface area contributed by atoms with Crippen molar-refractivity contribution in [3.05, 3.63) is 29.8 Å². The summed E-state index contributed by atoms with van der Waals surface area (Å²) < 4.78 is 5.11. The zero-order valence-corrected chi connectivity index (χ0v) is 8.91. The second-order valence-electron chi connectivity index (χ2n) is 3.41. The zero-order valence-electron chi connectivity index (χ0n) is 8.91. The molecular formula is C11H17NO2. The van der Waals surface area contributed by atoms with Gasteiger partial charge >= 0.3 is 0 Å². The number of nitrogens with one attached hydrogen (secondary N) is 1. The predicted octanol–water partition coefficient (Wildman–Crippen LogP) is 2.12. The van der Waals surface area contributed by atoms with Crippen LogP contribution in [-0.2, 0) is 11.4 Å². The minimum atomic E-state index is 0.334. The zero-order chi connectivity index (χ0) is 10.4. The van der Waals surface area contributed by atoms with Crippen LogP contribution >= 0.6 is 0 Å². The monoisotopic (exact) mass is 195 g/mol. The summed E-state index contributed by atoms with van der Waals surface area (Å²) in [6, 6.07) is 8.17. The lowest BCUT2D eigenvalue weighted by atomic mass is 10.2. The van der Waals surface area contributed by atoms with E-state index in [0.717, 1.165) is 11.3 Å². The van der Waals surface area contributed by atoms with Gasteiger partial charge in [0.25, 0.3) is 0 Å². The summed E-state index contributed by atoms with van der Waals surface area (Å²) in [4.78, 5) is 5.28. The predicted molar refractivity (Wildman–Crippen MR) is 56.1 cm³/mol. The fourth-order valence-electron chi connectivity index (χ4n) is 1.05. The van der Waals surface area contributed by atoms with Crippen molar-refractivity contribution in [2.45, 2.75) is 26.5 Å². The summed E-state index contributed by atoms with van der Waals surface area (Å²) in [5.41, 5.74) is 3.99. The molecule has 14 heavy (non-hydrogen) atoms. The van der Waals surface area contributed by atoms with E-state index in [1.54, 1.807) is 7.11 Å². The van der Waals surface area contributed by atoms with E-state index in [2.05, 4.69) is 5.48 Å². The summed E-state index contributed by atoms with van der Waals surface area (Å²) in [5, 5.41) is 0. The standard InChI is InChI=1S/C11H17NO2/c1-9(2)12-14-8-10-5-4-6-11(7-10)13-3/h4-7,9,12H,8H2,1-3H3. The van der Waals surface area contributed by atoms with Gasteiger partial charge in [-0.25, -0.2) is 0 Å². The molecule has 0 bridgehead atoms. The molecule has 0 aliphatic carbocycles. The number of hydrogen-bond donors (Lipinski definition) is 1. The van der Waals surface area contributed by atoms with Crippen molar-refractivity contribution in [3.63, 3.8) is 0 Å². The number of methoxy groups -OCH3 is 1. The minimum absolute atomic E-state index is 0.334. The molecule has 1 N–H and O–H groups in total. The molecule has 78 valence electrons. The topological polar surface area (TPSA) is 30.5 Å². The van der Waals surface area contributed by atoms with Crippen LogP contribution in [0.1, 0.15) is 19.4 Å². The highest BCUT2D eigenvalue weighted by Crippen LogP contribution is 2.12. The number of hydroxylamine groups is 1. The van der Waals surface area contributed by atoms with E-state index in [1.165, 1.54) is 0 Å². The first kappa shape index (κ1) is 11.0. The van der Waals surface area contributed by atoms with Crippen LogP contribution in [0.15, 0.2) is 24.3 Å². The molecule has 0 spiro atoms. The van der Waals surface area contributed by atoms with Crippen molar-refractivity contribution >= 4 is 0 Å². The Balaban J connectivity index is 2.42. The van der Waals surface area contributed by atoms with Crippen LogP contribution < -0.4 is 10.2 Å². The van der Waals surface area contributed by atoms with Gasteiger partial charge in [0.05, 0.1) is 13.7 Å². The lowest BCUT2D eigenvalue weighted by Gasteiger charge is -2.09. The molecule has 0 fully saturated rings. The van der Waals surface area contributed by atoms with E-state index in [4.69, 9.17) is 9.57 Å². The highest BCUT2D eigenvalue weighted by molar-refractivity contribution is 5.27. The maximum Gasteiger partial charge on any atom is 0.119 e. The Kier molecular flexibility index (Phi) is 4.43. The third kappa shape index (κ3) is 3.77. The Hall–Kier alpha value is -1.06. The molecule has 0 radical (unpaired) electrons. The van der Waals surface area contributed by atoms with Gasteiger partial charge in [0.2, 0.25) is 0 Å². The van der Waals surface area contributed by atoms with Gasteiger partial charge in [-0.2, -0.15) is 5.48 Å². The lowest BCUT2D eigenvalue weighted by Crippen LogP contribution is -2.22. The van der Waals surface area contributed by atoms with Crippen LogP contribution in [0.3, 0.4) is 0 Å². The molecule has 1 rings (SSSR count). The first-order valence-electron chi connectivity index (χ1n) is 4.72. The van der Waals surface area contributed by atoms with Gasteiger partial charge in [-0.05, 0) is 31.5 Å². The quantitative estimate of drug-likeness (QED) is 0.730. The fraction of sp³-hybridized carbons (Fsp3) is 0.455. The summed E-state index contributed by atoms with van der Waals surface area (Å²) in [6.07, 6.45) is 0. The Morgan fingerprint density at radius 1 is 1.36 bits per heavy atom. The van der Waals surface area contributed by atoms with Crippen LogP contribution in [0.2, 0.25) is 0 Å². The summed E-state index contributed by atoms with van der Waals surface area (Å²) in [7, 11) is 1.66. The molecule has 3 heteroatoms. The highest BCUT2D eigenvalue weighted by atomic mass is 16.6. The smallest absolute Gasteiger partial charge is 0.119 e. The molecule has 0 aliphatic heterocycles. The van der Waals surface area contributed by atoms with E-state index < -0.39 is 0 Å². The summed E-state index contributed by atoms with van der Waals surface area (Å²) in [6.45, 7) is 4.62. The van der Waals surface area contributed by atoms with Crippen molar-refractivity contribution in [3.8, 4) is 5.75 Å². The fourth-order valence-corrected chi connectivity index (χ4v) is 1.05. The van der Waals surface area contributed by atoms with Crippen LogP contribution in [0.25, 0.3) is 0 Å². The number of rotatable bonds is 5. The van der Waals surface area contributed by atoms with Gasteiger partial charge in [-0.15, -0.1) is 0 Å². The molecule has 1 aromatic rings. The van der Waals surface area contributed by atoms with Gasteiger partial charge in [-0.3, -0.25) is 4.84 Å². The molecule has 0 unspecified atom stereocenters. The van der Waals surface area contributed by atoms with Gasteiger partial charge < -0.3 is 4.74 Å². The van der Waals surface area contributed by atoms with Gasteiger partial charge in [0.15, 0.2) is 0 Å². The molecular weight excluding hydrogens is 178 g/mol. The van der Waals surface area contributed by atoms with E-state index in [9.17, 15) is 0 Å². The molecule has 0 saturated carbocycles. The van der Waals surface area contributed by atoms with E-state index >= 15 is 0 Å². The van der Waals surface area contributed by atoms with E-state index in [-0.39, 0.29) is 0 Å². The summed E-state index contributed by atoms with van der Waals surface area (Å²) >= 11 is 0. The first-order valence-corrected chi connectivity index (χ1v) is 4.72. The molecule has 0 aliphatic rings. The molecule has 0 heterocycles. The van der Waals surface area contributed by atoms with Crippen LogP contribution in [0.4, 0.5) is 0 Å². The molecule has 0 saturated heterocycles. The Labute approximate surface area is 85.0 Å². The number of benzene rings is 1. The highest BCUT2D eigenvalue weighted by Gasteiger charge is 1.96. The van der Waals surface area contributed by atoms with Gasteiger partial charge in [0, 0.05) is 6.04 Å². The van der Waals surface area contributed by atoms with Crippen molar-refractivity contribution in [1.29, 1.82) is 0 Å². The SMILES string of the molecule is COc1cccc(CONC(C)C)c1. The number of hydrogen-bond acceptors (Lipinski definition) is 3. The largest absolute Gasteiger partial charge is 0.497 e. The van der Waals surface area contributed by atoms with Gasteiger partial charge in [0.1, 0.15) is 5.75 Å². The van der Waals surface area contributed by atoms with Gasteiger partial charge in [-0.1, -0.05) is 12.1 Å². The van der Waals surface area contributed by atoms with Crippen molar-refractivity contribution in [2.24, 2.45) is 0 Å². The maximum atomic E-state index is 5.28. The molecule has 0 atom stereocenters. The second-order valence-corrected chi connectivity index (χ2v) is 3.41. The third-order valence-electron chi connectivity index (χ3n) is 1.69. The Bertz CT molecular complexity index is 274. The molecule has 3 nitrogen and oxygen atoms in total. The average molecular weight is 195 g/mol. The molecule has 0 amide bonds. The third-order valence-corrected chi connectivity index (χ3v) is 1.69. The van der Waals surface area contributed by atoms with Crippen LogP contribution in [0.5, 0.6) is 5.75 Å². The van der Waals surface area contributed by atoms with E-state index in [0.29, 0.717) is 12.6 Å². The van der Waals surface area contributed by atoms with Crippen LogP contribution in [-0.4, -0.2) is 13.2 Å². The van der Waals surface area contributed by atoms with Crippen molar-refractivity contribution < 1.29 is 9.57 Å². The van der Waals surface area contributed by atoms with Crippen molar-refractivity contribution in [1.82, 2.24) is 5.48 Å². The average Bonchev–Trinajstić information content (AvgIpc) is 2.18.